The second-order valence-corrected chi connectivity index (χ2v) is 8.63. The van der Waals surface area contributed by atoms with Crippen molar-refractivity contribution in [3.63, 3.8) is 0 Å². The van der Waals surface area contributed by atoms with Gasteiger partial charge in [0.15, 0.2) is 5.16 Å². The molecule has 2 aliphatic heterocycles. The van der Waals surface area contributed by atoms with Gasteiger partial charge in [-0.05, 0) is 19.1 Å². The Morgan fingerprint density at radius 1 is 1.27 bits per heavy atom. The summed E-state index contributed by atoms with van der Waals surface area (Å²) in [6.07, 6.45) is 7.65. The van der Waals surface area contributed by atoms with Crippen molar-refractivity contribution in [1.29, 1.82) is 0 Å². The fraction of sp³-hybridized carbons (Fsp3) is 0.737. The van der Waals surface area contributed by atoms with Crippen LogP contribution < -0.4 is 0 Å². The molecule has 0 saturated carbocycles. The summed E-state index contributed by atoms with van der Waals surface area (Å²) in [5, 5.41) is 0.841. The highest BCUT2D eigenvalue weighted by Crippen LogP contribution is 2.35. The van der Waals surface area contributed by atoms with Gasteiger partial charge in [0.05, 0.1) is 6.54 Å². The van der Waals surface area contributed by atoms with Crippen molar-refractivity contribution >= 4 is 17.9 Å². The number of amides is 1. The molecular weight excluding hydrogens is 348 g/mol. The molecule has 1 spiro atoms. The van der Waals surface area contributed by atoms with Gasteiger partial charge >= 0.3 is 6.09 Å². The minimum Gasteiger partial charge on any atom is -0.441 e. The highest BCUT2D eigenvalue weighted by Gasteiger charge is 2.47. The second-order valence-electron chi connectivity index (χ2n) is 7.40. The van der Waals surface area contributed by atoms with E-state index < -0.39 is 0 Å². The van der Waals surface area contributed by atoms with Gasteiger partial charge in [0, 0.05) is 56.5 Å². The number of rotatable bonds is 7. The molecule has 3 heterocycles. The van der Waals surface area contributed by atoms with Crippen LogP contribution in [0.15, 0.2) is 17.6 Å². The van der Waals surface area contributed by atoms with Crippen LogP contribution in [0.2, 0.25) is 0 Å². The fourth-order valence-corrected chi connectivity index (χ4v) is 4.34. The molecule has 144 valence electrons. The lowest BCUT2D eigenvalue weighted by Gasteiger charge is -2.37. The number of carbonyl (C=O) groups is 1. The van der Waals surface area contributed by atoms with Crippen molar-refractivity contribution in [3.05, 3.63) is 18.0 Å². The van der Waals surface area contributed by atoms with Crippen LogP contribution in [0.5, 0.6) is 0 Å². The maximum atomic E-state index is 12.3. The maximum Gasteiger partial charge on any atom is 0.410 e. The van der Waals surface area contributed by atoms with Gasteiger partial charge in [-0.1, -0.05) is 32.0 Å². The maximum absolute atomic E-state index is 12.3. The largest absolute Gasteiger partial charge is 0.441 e. The van der Waals surface area contributed by atoms with Crippen LogP contribution in [0.4, 0.5) is 4.79 Å². The molecule has 0 bridgehead atoms. The van der Waals surface area contributed by atoms with E-state index in [1.54, 1.807) is 11.8 Å². The third-order valence-corrected chi connectivity index (χ3v) is 6.12. The van der Waals surface area contributed by atoms with Crippen molar-refractivity contribution < 1.29 is 9.53 Å². The molecule has 3 rings (SSSR count). The molecule has 1 unspecified atom stereocenters. The molecule has 1 aromatic rings. The van der Waals surface area contributed by atoms with E-state index >= 15 is 0 Å². The predicted octanol–water partition coefficient (Wildman–Crippen LogP) is 3.56. The Balaban J connectivity index is 1.52. The summed E-state index contributed by atoms with van der Waals surface area (Å²) in [7, 11) is 0. The second kappa shape index (κ2) is 8.57. The van der Waals surface area contributed by atoms with Gasteiger partial charge < -0.3 is 9.64 Å². The van der Waals surface area contributed by atoms with Gasteiger partial charge in [-0.3, -0.25) is 4.90 Å². The van der Waals surface area contributed by atoms with E-state index in [0.717, 1.165) is 68.3 Å². The Morgan fingerprint density at radius 2 is 1.96 bits per heavy atom. The average molecular weight is 379 g/mol. The van der Waals surface area contributed by atoms with E-state index in [1.807, 2.05) is 17.3 Å². The Labute approximate surface area is 160 Å². The molecule has 1 atom stereocenters. The highest BCUT2D eigenvalue weighted by atomic mass is 32.2. The van der Waals surface area contributed by atoms with Crippen molar-refractivity contribution in [2.24, 2.45) is 0 Å². The van der Waals surface area contributed by atoms with E-state index in [2.05, 4.69) is 35.6 Å². The summed E-state index contributed by atoms with van der Waals surface area (Å²) in [5.41, 5.74) is 0.858. The number of aromatic nitrogens is 2. The van der Waals surface area contributed by atoms with Gasteiger partial charge in [-0.25, -0.2) is 14.8 Å². The van der Waals surface area contributed by atoms with E-state index in [-0.39, 0.29) is 17.7 Å². The number of thioether (sulfide) groups is 1. The minimum absolute atomic E-state index is 0.128. The normalized spacial score (nSPS) is 21.2. The Bertz CT molecular complexity index is 602. The standard InChI is InChI=1S/C19H30N4O2S/c1-4-6-15(3)23-14-19(25-18(23)24)7-9-22(10-8-19)13-16-11-20-17(21-12-16)26-5-2/h11-12,15H,4-10,13-14H2,1-3H3. The first-order chi connectivity index (χ1) is 12.5. The van der Waals surface area contributed by atoms with E-state index in [0.29, 0.717) is 0 Å². The van der Waals surface area contributed by atoms with Crippen LogP contribution in [-0.4, -0.2) is 62.9 Å². The molecular formula is C19H30N4O2S. The van der Waals surface area contributed by atoms with Gasteiger partial charge in [0.2, 0.25) is 0 Å². The first-order valence-corrected chi connectivity index (χ1v) is 10.7. The molecule has 2 fully saturated rings. The number of hydrogen-bond donors (Lipinski definition) is 0. The lowest BCUT2D eigenvalue weighted by molar-refractivity contribution is -0.00137. The van der Waals surface area contributed by atoms with Crippen LogP contribution in [0.1, 0.15) is 52.0 Å². The zero-order valence-corrected chi connectivity index (χ0v) is 16.9. The van der Waals surface area contributed by atoms with Gasteiger partial charge in [-0.2, -0.15) is 0 Å². The smallest absolute Gasteiger partial charge is 0.410 e. The van der Waals surface area contributed by atoms with Crippen molar-refractivity contribution in [2.45, 2.75) is 69.8 Å². The molecule has 0 aliphatic carbocycles. The molecule has 0 N–H and O–H groups in total. The monoisotopic (exact) mass is 378 g/mol. The highest BCUT2D eigenvalue weighted by molar-refractivity contribution is 7.99. The topological polar surface area (TPSA) is 58.6 Å². The molecule has 1 aromatic heterocycles. The number of nitrogens with zero attached hydrogens (tertiary/aromatic N) is 4. The third kappa shape index (κ3) is 4.49. The zero-order chi connectivity index (χ0) is 18.6. The molecule has 2 saturated heterocycles. The lowest BCUT2D eigenvalue weighted by Crippen LogP contribution is -2.47. The number of ether oxygens (including phenoxy) is 1. The van der Waals surface area contributed by atoms with E-state index in [1.165, 1.54) is 0 Å². The summed E-state index contributed by atoms with van der Waals surface area (Å²) in [6.45, 7) is 9.86. The molecule has 7 heteroatoms. The Hall–Kier alpha value is -1.34. The quantitative estimate of drug-likeness (QED) is 0.534. The zero-order valence-electron chi connectivity index (χ0n) is 16.1. The molecule has 1 amide bonds. The Kier molecular flexibility index (Phi) is 6.40. The third-order valence-electron chi connectivity index (χ3n) is 5.36. The van der Waals surface area contributed by atoms with Crippen LogP contribution >= 0.6 is 11.8 Å². The SMILES string of the molecule is CCCC(C)N1CC2(CCN(Cc3cnc(SCC)nc3)CC2)OC1=O. The van der Waals surface area contributed by atoms with Crippen LogP contribution in [-0.2, 0) is 11.3 Å². The lowest BCUT2D eigenvalue weighted by atomic mass is 9.91. The molecule has 26 heavy (non-hydrogen) atoms. The van der Waals surface area contributed by atoms with Gasteiger partial charge in [-0.15, -0.1) is 0 Å². The molecule has 0 aromatic carbocycles. The van der Waals surface area contributed by atoms with Crippen molar-refractivity contribution in [1.82, 2.24) is 19.8 Å². The van der Waals surface area contributed by atoms with Crippen molar-refractivity contribution in [3.8, 4) is 0 Å². The number of piperidine rings is 1. The molecule has 0 radical (unpaired) electrons. The minimum atomic E-state index is -0.284. The Morgan fingerprint density at radius 3 is 2.58 bits per heavy atom. The van der Waals surface area contributed by atoms with Crippen LogP contribution in [0.3, 0.4) is 0 Å². The van der Waals surface area contributed by atoms with Gasteiger partial charge in [0.25, 0.3) is 0 Å². The summed E-state index contributed by atoms with van der Waals surface area (Å²) >= 11 is 1.66. The fourth-order valence-electron chi connectivity index (χ4n) is 3.83. The summed E-state index contributed by atoms with van der Waals surface area (Å²) in [6, 6.07) is 0.265. The van der Waals surface area contributed by atoms with Crippen LogP contribution in [0.25, 0.3) is 0 Å². The van der Waals surface area contributed by atoms with E-state index in [9.17, 15) is 4.79 Å². The van der Waals surface area contributed by atoms with Crippen molar-refractivity contribution in [2.75, 3.05) is 25.4 Å². The number of likely N-dealkylation sites (tertiary alicyclic amines) is 1. The average Bonchev–Trinajstić information content (AvgIpc) is 2.96. The first-order valence-electron chi connectivity index (χ1n) is 9.71. The number of hydrogen-bond acceptors (Lipinski definition) is 6. The summed E-state index contributed by atoms with van der Waals surface area (Å²) in [4.78, 5) is 25.4. The summed E-state index contributed by atoms with van der Waals surface area (Å²) < 4.78 is 5.84. The van der Waals surface area contributed by atoms with Crippen LogP contribution in [0, 0.1) is 0 Å². The predicted molar refractivity (Wildman–Crippen MR) is 103 cm³/mol. The summed E-state index contributed by atoms with van der Waals surface area (Å²) in [5.74, 6) is 0.986. The van der Waals surface area contributed by atoms with Gasteiger partial charge in [0.1, 0.15) is 5.60 Å². The number of carbonyl (C=O) groups excluding carboxylic acids is 1. The molecule has 6 nitrogen and oxygen atoms in total. The molecule has 2 aliphatic rings. The van der Waals surface area contributed by atoms with E-state index in [4.69, 9.17) is 4.74 Å². The first kappa shape index (κ1) is 19.4.